The molecule has 1 aromatic carbocycles. The first-order valence-corrected chi connectivity index (χ1v) is 11.0. The number of fused-ring (bicyclic) bond motifs is 1. The molecule has 1 aliphatic heterocycles. The van der Waals surface area contributed by atoms with Crippen LogP contribution in [0.1, 0.15) is 71.1 Å². The largest absolute Gasteiger partial charge is 0.534 e. The van der Waals surface area contributed by atoms with Gasteiger partial charge in [-0.1, -0.05) is 11.6 Å². The number of esters is 1. The fraction of sp³-hybridized carbons (Fsp3) is 0.500. The summed E-state index contributed by atoms with van der Waals surface area (Å²) in [5.41, 5.74) is -3.47. The van der Waals surface area contributed by atoms with E-state index in [-0.39, 0.29) is 42.9 Å². The van der Waals surface area contributed by atoms with Crippen molar-refractivity contribution in [3.8, 4) is 5.75 Å². The summed E-state index contributed by atoms with van der Waals surface area (Å²) < 4.78 is 72.2. The van der Waals surface area contributed by atoms with Crippen LogP contribution in [0.15, 0.2) is 11.6 Å². The topological polar surface area (TPSA) is 107 Å². The minimum atomic E-state index is -6.02. The summed E-state index contributed by atoms with van der Waals surface area (Å²) in [7, 11) is -6.02. The van der Waals surface area contributed by atoms with Gasteiger partial charge < -0.3 is 14.0 Å². The van der Waals surface area contributed by atoms with E-state index >= 15 is 0 Å². The number of halogens is 3. The highest BCUT2D eigenvalue weighted by Crippen LogP contribution is 2.50. The molecule has 0 spiro atoms. The Morgan fingerprint density at radius 3 is 2.48 bits per heavy atom. The minimum Gasteiger partial charge on any atom is -0.481 e. The fourth-order valence-electron chi connectivity index (χ4n) is 3.65. The third-order valence-corrected chi connectivity index (χ3v) is 6.34. The Labute approximate surface area is 177 Å². The Hall–Kier alpha value is -2.56. The van der Waals surface area contributed by atoms with Crippen molar-refractivity contribution in [3.05, 3.63) is 39.5 Å². The highest BCUT2D eigenvalue weighted by molar-refractivity contribution is 7.88. The first kappa shape index (κ1) is 23.1. The lowest BCUT2D eigenvalue weighted by Crippen LogP contribution is -2.29. The van der Waals surface area contributed by atoms with Gasteiger partial charge >= 0.3 is 27.6 Å². The van der Waals surface area contributed by atoms with E-state index in [4.69, 9.17) is 9.84 Å². The van der Waals surface area contributed by atoms with Crippen LogP contribution in [0.3, 0.4) is 0 Å². The average Bonchev–Trinajstić information content (AvgIpc) is 3.41. The summed E-state index contributed by atoms with van der Waals surface area (Å²) in [4.78, 5) is 23.1. The summed E-state index contributed by atoms with van der Waals surface area (Å²) in [6.45, 7) is 3.22. The van der Waals surface area contributed by atoms with Crippen LogP contribution >= 0.6 is 0 Å². The predicted octanol–water partition coefficient (Wildman–Crippen LogP) is 4.12. The smallest absolute Gasteiger partial charge is 0.481 e. The number of allylic oxidation sites excluding steroid dienone is 2. The molecular weight excluding hydrogens is 441 g/mol. The molecule has 0 aromatic heterocycles. The molecule has 7 nitrogen and oxygen atoms in total. The second kappa shape index (κ2) is 8.18. The zero-order chi connectivity index (χ0) is 23.1. The van der Waals surface area contributed by atoms with E-state index in [9.17, 15) is 31.2 Å². The van der Waals surface area contributed by atoms with Crippen molar-refractivity contribution in [3.63, 3.8) is 0 Å². The molecule has 0 bridgehead atoms. The molecule has 1 aliphatic carbocycles. The quantitative estimate of drug-likeness (QED) is 0.268. The molecule has 0 radical (unpaired) electrons. The van der Waals surface area contributed by atoms with Crippen LogP contribution < -0.4 is 4.18 Å². The maximum Gasteiger partial charge on any atom is 0.534 e. The number of rotatable bonds is 8. The Morgan fingerprint density at radius 2 is 1.94 bits per heavy atom. The SMILES string of the molecule is CC(=CCc1c(OS(=O)(=O)C(F)(F)F)c2c(c(C)c1C1CC1)COC2=O)CCC(=O)O. The van der Waals surface area contributed by atoms with Crippen LogP contribution in [0.5, 0.6) is 5.75 Å². The van der Waals surface area contributed by atoms with Crippen LogP contribution in [0.4, 0.5) is 13.2 Å². The van der Waals surface area contributed by atoms with Crippen molar-refractivity contribution >= 4 is 22.1 Å². The molecule has 3 rings (SSSR count). The second-order valence-corrected chi connectivity index (χ2v) is 9.22. The third-order valence-electron chi connectivity index (χ3n) is 5.39. The molecule has 1 saturated carbocycles. The lowest BCUT2D eigenvalue weighted by molar-refractivity contribution is -0.136. The van der Waals surface area contributed by atoms with Crippen molar-refractivity contribution in [2.45, 2.75) is 64.0 Å². The Morgan fingerprint density at radius 1 is 1.29 bits per heavy atom. The summed E-state index contributed by atoms with van der Waals surface area (Å²) >= 11 is 0. The van der Waals surface area contributed by atoms with E-state index in [2.05, 4.69) is 4.18 Å². The van der Waals surface area contributed by atoms with Gasteiger partial charge in [0.25, 0.3) is 0 Å². The summed E-state index contributed by atoms with van der Waals surface area (Å²) in [6.07, 6.45) is 3.24. The zero-order valence-corrected chi connectivity index (χ0v) is 17.7. The molecule has 2 aliphatic rings. The van der Waals surface area contributed by atoms with Crippen molar-refractivity contribution in [1.29, 1.82) is 0 Å². The summed E-state index contributed by atoms with van der Waals surface area (Å²) in [5.74, 6) is -2.58. The maximum absolute atomic E-state index is 13.0. The fourth-order valence-corrected chi connectivity index (χ4v) is 4.15. The van der Waals surface area contributed by atoms with E-state index < -0.39 is 33.3 Å². The molecule has 11 heteroatoms. The van der Waals surface area contributed by atoms with E-state index in [1.165, 1.54) is 0 Å². The van der Waals surface area contributed by atoms with Crippen LogP contribution in [0, 0.1) is 6.92 Å². The minimum absolute atomic E-state index is 0.0125. The number of carbonyl (C=O) groups is 2. The van der Waals surface area contributed by atoms with Crippen molar-refractivity contribution in [1.82, 2.24) is 0 Å². The Kier molecular flexibility index (Phi) is 6.09. The molecule has 0 atom stereocenters. The van der Waals surface area contributed by atoms with Gasteiger partial charge in [0, 0.05) is 17.5 Å². The lowest BCUT2D eigenvalue weighted by atomic mass is 9.88. The van der Waals surface area contributed by atoms with Crippen LogP contribution in [0.2, 0.25) is 0 Å². The highest BCUT2D eigenvalue weighted by Gasteiger charge is 2.50. The van der Waals surface area contributed by atoms with Gasteiger partial charge in [-0.25, -0.2) is 4.79 Å². The lowest BCUT2D eigenvalue weighted by Gasteiger charge is -2.20. The Balaban J connectivity index is 2.16. The summed E-state index contributed by atoms with van der Waals surface area (Å²) in [5, 5.41) is 8.82. The standard InChI is InChI=1S/C20H21F3O7S/c1-10(4-8-15(24)25)3-7-13-16(12-5-6-12)11(2)14-9-29-19(26)17(14)18(13)30-31(27,28)20(21,22)23/h3,12H,4-9H2,1-2H3,(H,24,25). The molecule has 0 saturated heterocycles. The van der Waals surface area contributed by atoms with Gasteiger partial charge in [0.2, 0.25) is 0 Å². The molecule has 0 amide bonds. The van der Waals surface area contributed by atoms with Crippen LogP contribution in [-0.2, 0) is 32.7 Å². The zero-order valence-electron chi connectivity index (χ0n) is 16.8. The average molecular weight is 462 g/mol. The summed E-state index contributed by atoms with van der Waals surface area (Å²) in [6, 6.07) is 0. The normalized spacial score (nSPS) is 16.8. The van der Waals surface area contributed by atoms with Crippen molar-refractivity contribution in [2.75, 3.05) is 0 Å². The number of ether oxygens (including phenoxy) is 1. The second-order valence-electron chi connectivity index (χ2n) is 7.68. The van der Waals surface area contributed by atoms with Gasteiger partial charge in [-0.3, -0.25) is 4.79 Å². The van der Waals surface area contributed by atoms with Crippen LogP contribution in [0.25, 0.3) is 0 Å². The molecule has 0 unspecified atom stereocenters. The molecule has 1 fully saturated rings. The number of cyclic esters (lactones) is 1. The van der Waals surface area contributed by atoms with Gasteiger partial charge in [-0.05, 0) is 56.6 Å². The molecule has 31 heavy (non-hydrogen) atoms. The van der Waals surface area contributed by atoms with Gasteiger partial charge in [0.05, 0.1) is 0 Å². The molecule has 1 heterocycles. The number of aliphatic carboxylic acids is 1. The molecule has 170 valence electrons. The van der Waals surface area contributed by atoms with Crippen molar-refractivity contribution in [2.24, 2.45) is 0 Å². The number of hydrogen-bond acceptors (Lipinski definition) is 6. The predicted molar refractivity (Wildman–Crippen MR) is 102 cm³/mol. The van der Waals surface area contributed by atoms with Gasteiger partial charge in [-0.15, -0.1) is 0 Å². The number of hydrogen-bond donors (Lipinski definition) is 1. The van der Waals surface area contributed by atoms with Gasteiger partial charge in [0.1, 0.15) is 12.2 Å². The van der Waals surface area contributed by atoms with Crippen molar-refractivity contribution < 1.29 is 45.2 Å². The van der Waals surface area contributed by atoms with E-state index in [1.54, 1.807) is 19.9 Å². The highest BCUT2D eigenvalue weighted by atomic mass is 32.2. The molecule has 1 aromatic rings. The monoisotopic (exact) mass is 462 g/mol. The van der Waals surface area contributed by atoms with E-state index in [0.29, 0.717) is 22.3 Å². The maximum atomic E-state index is 13.0. The number of benzene rings is 1. The number of carbonyl (C=O) groups excluding carboxylic acids is 1. The van der Waals surface area contributed by atoms with Gasteiger partial charge in [0.15, 0.2) is 5.75 Å². The molecular formula is C20H21F3O7S. The van der Waals surface area contributed by atoms with Gasteiger partial charge in [-0.2, -0.15) is 21.6 Å². The first-order valence-electron chi connectivity index (χ1n) is 9.57. The third kappa shape index (κ3) is 4.70. The van der Waals surface area contributed by atoms with Crippen LogP contribution in [-0.4, -0.2) is 31.0 Å². The molecule has 1 N–H and O–H groups in total. The number of carboxylic acids is 1. The Bertz CT molecular complexity index is 1070. The number of alkyl halides is 3. The van der Waals surface area contributed by atoms with E-state index in [1.807, 2.05) is 0 Å². The first-order chi connectivity index (χ1) is 14.3. The van der Waals surface area contributed by atoms with E-state index in [0.717, 1.165) is 12.8 Å². The number of carboxylic acid groups (broad SMARTS) is 1.